The Bertz CT molecular complexity index is 514. The van der Waals surface area contributed by atoms with Gasteiger partial charge in [-0.3, -0.25) is 0 Å². The summed E-state index contributed by atoms with van der Waals surface area (Å²) in [5, 5.41) is 10.2. The first-order valence-electron chi connectivity index (χ1n) is 4.46. The van der Waals surface area contributed by atoms with E-state index in [0.29, 0.717) is 4.34 Å². The summed E-state index contributed by atoms with van der Waals surface area (Å²) in [5.41, 5.74) is 0.897. The lowest BCUT2D eigenvalue weighted by Crippen LogP contribution is -1.99. The van der Waals surface area contributed by atoms with E-state index in [4.69, 9.17) is 11.6 Å². The van der Waals surface area contributed by atoms with Crippen LogP contribution in [0.2, 0.25) is 4.34 Å². The van der Waals surface area contributed by atoms with Gasteiger partial charge in [0.25, 0.3) is 0 Å². The summed E-state index contributed by atoms with van der Waals surface area (Å²) in [7, 11) is 0. The molecule has 0 saturated heterocycles. The Labute approximate surface area is 125 Å². The van der Waals surface area contributed by atoms with Crippen LogP contribution in [0.1, 0.15) is 16.5 Å². The summed E-state index contributed by atoms with van der Waals surface area (Å²) in [6, 6.07) is 9.52. The molecule has 0 bridgehead atoms. The zero-order chi connectivity index (χ0) is 11.7. The maximum Gasteiger partial charge on any atom is 0.114 e. The Morgan fingerprint density at radius 2 is 2.06 bits per heavy atom. The predicted octanol–water partition coefficient (Wildman–Crippen LogP) is 4.85. The minimum atomic E-state index is -0.609. The molecule has 1 aromatic carbocycles. The molecule has 0 saturated carbocycles. The minimum absolute atomic E-state index is 0.609. The molecule has 1 heterocycles. The topological polar surface area (TPSA) is 20.2 Å². The number of aliphatic hydroxyl groups excluding tert-OH is 1. The molecular weight excluding hydrogens is 422 g/mol. The van der Waals surface area contributed by atoms with Crippen LogP contribution in [0, 0.1) is 3.57 Å². The molecule has 1 atom stereocenters. The molecule has 2 rings (SSSR count). The maximum atomic E-state index is 10.2. The van der Waals surface area contributed by atoms with Gasteiger partial charge in [-0.05, 0) is 52.9 Å². The molecule has 16 heavy (non-hydrogen) atoms. The van der Waals surface area contributed by atoms with Crippen molar-refractivity contribution in [2.24, 2.45) is 0 Å². The number of rotatable bonds is 2. The summed E-state index contributed by atoms with van der Waals surface area (Å²) in [4.78, 5) is 0.862. The van der Waals surface area contributed by atoms with E-state index >= 15 is 0 Å². The number of hydrogen-bond donors (Lipinski definition) is 1. The lowest BCUT2D eigenvalue weighted by molar-refractivity contribution is 0.223. The fourth-order valence-electron chi connectivity index (χ4n) is 1.35. The van der Waals surface area contributed by atoms with E-state index in [-0.39, 0.29) is 0 Å². The van der Waals surface area contributed by atoms with E-state index in [1.54, 1.807) is 6.07 Å². The molecule has 0 aliphatic heterocycles. The lowest BCUT2D eigenvalue weighted by Gasteiger charge is -2.11. The molecule has 1 N–H and O–H groups in total. The van der Waals surface area contributed by atoms with Crippen molar-refractivity contribution in [1.29, 1.82) is 0 Å². The highest BCUT2D eigenvalue weighted by molar-refractivity contribution is 14.1. The van der Waals surface area contributed by atoms with Crippen LogP contribution in [0.25, 0.3) is 0 Å². The van der Waals surface area contributed by atoms with Gasteiger partial charge >= 0.3 is 0 Å². The Balaban J connectivity index is 2.40. The fourth-order valence-corrected chi connectivity index (χ4v) is 3.43. The van der Waals surface area contributed by atoms with E-state index < -0.39 is 6.10 Å². The second-order valence-electron chi connectivity index (χ2n) is 3.21. The van der Waals surface area contributed by atoms with Crippen molar-refractivity contribution < 1.29 is 5.11 Å². The molecule has 0 aliphatic rings. The molecule has 0 amide bonds. The maximum absolute atomic E-state index is 10.2. The van der Waals surface area contributed by atoms with Crippen molar-refractivity contribution in [3.05, 3.63) is 53.2 Å². The first-order chi connectivity index (χ1) is 7.58. The van der Waals surface area contributed by atoms with Gasteiger partial charge in [-0.15, -0.1) is 11.3 Å². The summed E-state index contributed by atoms with van der Waals surface area (Å²) < 4.78 is 2.70. The summed E-state index contributed by atoms with van der Waals surface area (Å²) in [6.07, 6.45) is -0.609. The third kappa shape index (κ3) is 2.79. The van der Waals surface area contributed by atoms with Crippen molar-refractivity contribution >= 4 is 61.5 Å². The molecule has 2 aromatic rings. The van der Waals surface area contributed by atoms with Crippen molar-refractivity contribution in [1.82, 2.24) is 0 Å². The molecule has 0 fully saturated rings. The number of thiophene rings is 1. The first-order valence-corrected chi connectivity index (χ1v) is 7.53. The van der Waals surface area contributed by atoms with Crippen LogP contribution in [0.4, 0.5) is 0 Å². The Morgan fingerprint density at radius 1 is 1.31 bits per heavy atom. The number of halogens is 3. The van der Waals surface area contributed by atoms with Gasteiger partial charge < -0.3 is 5.11 Å². The lowest BCUT2D eigenvalue weighted by atomic mass is 10.1. The zero-order valence-corrected chi connectivity index (χ0v) is 13.3. The normalized spacial score (nSPS) is 12.8. The third-order valence-corrected chi connectivity index (χ3v) is 4.88. The smallest absolute Gasteiger partial charge is 0.114 e. The van der Waals surface area contributed by atoms with Gasteiger partial charge in [-0.2, -0.15) is 0 Å². The fraction of sp³-hybridized carbons (Fsp3) is 0.0909. The van der Waals surface area contributed by atoms with E-state index in [1.807, 2.05) is 24.3 Å². The first kappa shape index (κ1) is 12.8. The van der Waals surface area contributed by atoms with Crippen molar-refractivity contribution in [2.45, 2.75) is 6.10 Å². The second kappa shape index (κ2) is 5.35. The molecule has 0 radical (unpaired) electrons. The van der Waals surface area contributed by atoms with Gasteiger partial charge in [-0.1, -0.05) is 27.5 Å². The van der Waals surface area contributed by atoms with E-state index in [2.05, 4.69) is 38.5 Å². The standard InChI is InChI=1S/C11H7BrClIOS/c12-6-1-2-8(14)7(5-6)11(15)9-3-4-10(13)16-9/h1-5,11,15H. The molecule has 0 spiro atoms. The highest BCUT2D eigenvalue weighted by Gasteiger charge is 2.15. The highest BCUT2D eigenvalue weighted by Crippen LogP contribution is 2.33. The van der Waals surface area contributed by atoms with Crippen LogP contribution in [-0.4, -0.2) is 5.11 Å². The molecule has 5 heteroatoms. The molecule has 84 valence electrons. The number of benzene rings is 1. The van der Waals surface area contributed by atoms with Gasteiger partial charge in [0.1, 0.15) is 6.10 Å². The van der Waals surface area contributed by atoms with Crippen LogP contribution in [-0.2, 0) is 0 Å². The molecule has 1 aromatic heterocycles. The summed E-state index contributed by atoms with van der Waals surface area (Å²) in [5.74, 6) is 0. The van der Waals surface area contributed by atoms with Crippen LogP contribution >= 0.6 is 61.5 Å². The van der Waals surface area contributed by atoms with Gasteiger partial charge in [-0.25, -0.2) is 0 Å². The molecular formula is C11H7BrClIOS. The largest absolute Gasteiger partial charge is 0.383 e. The minimum Gasteiger partial charge on any atom is -0.383 e. The van der Waals surface area contributed by atoms with Crippen molar-refractivity contribution in [2.75, 3.05) is 0 Å². The van der Waals surface area contributed by atoms with Gasteiger partial charge in [0.2, 0.25) is 0 Å². The van der Waals surface area contributed by atoms with Crippen LogP contribution in [0.5, 0.6) is 0 Å². The van der Waals surface area contributed by atoms with Crippen LogP contribution < -0.4 is 0 Å². The second-order valence-corrected chi connectivity index (χ2v) is 7.03. The van der Waals surface area contributed by atoms with Crippen molar-refractivity contribution in [3.63, 3.8) is 0 Å². The van der Waals surface area contributed by atoms with E-state index in [1.165, 1.54) is 11.3 Å². The van der Waals surface area contributed by atoms with Gasteiger partial charge in [0.15, 0.2) is 0 Å². The van der Waals surface area contributed by atoms with Crippen molar-refractivity contribution in [3.8, 4) is 0 Å². The van der Waals surface area contributed by atoms with Gasteiger partial charge in [0.05, 0.1) is 4.34 Å². The molecule has 0 aliphatic carbocycles. The Hall–Kier alpha value is 0.380. The Kier molecular flexibility index (Phi) is 4.29. The molecule has 1 unspecified atom stereocenters. The van der Waals surface area contributed by atoms with Crippen LogP contribution in [0.15, 0.2) is 34.8 Å². The average Bonchev–Trinajstić information content (AvgIpc) is 2.67. The average molecular weight is 430 g/mol. The summed E-state index contributed by atoms with van der Waals surface area (Å²) >= 11 is 12.9. The quantitative estimate of drug-likeness (QED) is 0.677. The summed E-state index contributed by atoms with van der Waals surface area (Å²) in [6.45, 7) is 0. The monoisotopic (exact) mass is 428 g/mol. The highest BCUT2D eigenvalue weighted by atomic mass is 127. The number of aliphatic hydroxyl groups is 1. The third-order valence-electron chi connectivity index (χ3n) is 2.12. The predicted molar refractivity (Wildman–Crippen MR) is 80.2 cm³/mol. The van der Waals surface area contributed by atoms with Crippen LogP contribution in [0.3, 0.4) is 0 Å². The van der Waals surface area contributed by atoms with E-state index in [9.17, 15) is 5.11 Å². The Morgan fingerprint density at radius 3 is 2.69 bits per heavy atom. The van der Waals surface area contributed by atoms with E-state index in [0.717, 1.165) is 18.5 Å². The number of hydrogen-bond acceptors (Lipinski definition) is 2. The van der Waals surface area contributed by atoms with Gasteiger partial charge in [0, 0.05) is 18.5 Å². The molecule has 1 nitrogen and oxygen atoms in total. The zero-order valence-electron chi connectivity index (χ0n) is 7.95. The SMILES string of the molecule is OC(c1ccc(Cl)s1)c1cc(Br)ccc1I.